The summed E-state index contributed by atoms with van der Waals surface area (Å²) in [5, 5.41) is 14.1. The highest BCUT2D eigenvalue weighted by atomic mass is 16.1. The standard InChI is InChI=1S/C14H18N6O/c1-19-7-3-5-12(9-19)16-14(21)11-4-2-6-13(8-11)20-10-15-17-18-20/h2,4,6,8,10,12H,3,5,7,9H2,1H3,(H,16,21). The Bertz CT molecular complexity index is 612. The van der Waals surface area contributed by atoms with E-state index in [2.05, 4.69) is 32.8 Å². The van der Waals surface area contributed by atoms with Crippen LogP contribution in [0, 0.1) is 0 Å². The fourth-order valence-corrected chi connectivity index (χ4v) is 2.62. The smallest absolute Gasteiger partial charge is 0.251 e. The van der Waals surface area contributed by atoms with Crippen molar-refractivity contribution in [3.63, 3.8) is 0 Å². The van der Waals surface area contributed by atoms with Gasteiger partial charge in [-0.15, -0.1) is 5.10 Å². The molecule has 110 valence electrons. The molecule has 0 spiro atoms. The Balaban J connectivity index is 1.71. The average Bonchev–Trinajstić information content (AvgIpc) is 3.02. The van der Waals surface area contributed by atoms with Crippen molar-refractivity contribution in [2.45, 2.75) is 18.9 Å². The van der Waals surface area contributed by atoms with Crippen molar-refractivity contribution in [3.8, 4) is 5.69 Å². The number of likely N-dealkylation sites (tertiary alicyclic amines) is 1. The largest absolute Gasteiger partial charge is 0.348 e. The molecule has 2 aromatic rings. The van der Waals surface area contributed by atoms with Crippen LogP contribution in [-0.4, -0.2) is 57.2 Å². The molecule has 1 amide bonds. The SMILES string of the molecule is CN1CCCC(NC(=O)c2cccc(-n3cnnn3)c2)C1. The van der Waals surface area contributed by atoms with Gasteiger partial charge in [-0.2, -0.15) is 0 Å². The second-order valence-electron chi connectivity index (χ2n) is 5.38. The van der Waals surface area contributed by atoms with Crippen LogP contribution in [0.2, 0.25) is 0 Å². The van der Waals surface area contributed by atoms with Crippen molar-refractivity contribution in [2.24, 2.45) is 0 Å². The summed E-state index contributed by atoms with van der Waals surface area (Å²) < 4.78 is 1.53. The number of rotatable bonds is 3. The highest BCUT2D eigenvalue weighted by Gasteiger charge is 2.19. The fourth-order valence-electron chi connectivity index (χ4n) is 2.62. The number of carbonyl (C=O) groups is 1. The molecule has 1 aromatic heterocycles. The molecule has 1 N–H and O–H groups in total. The molecule has 1 aliphatic rings. The predicted molar refractivity (Wildman–Crippen MR) is 77.1 cm³/mol. The van der Waals surface area contributed by atoms with Crippen LogP contribution in [0.3, 0.4) is 0 Å². The molecule has 21 heavy (non-hydrogen) atoms. The van der Waals surface area contributed by atoms with E-state index in [1.807, 2.05) is 12.1 Å². The van der Waals surface area contributed by atoms with E-state index in [4.69, 9.17) is 0 Å². The normalized spacial score (nSPS) is 19.4. The van der Waals surface area contributed by atoms with Gasteiger partial charge < -0.3 is 10.2 Å². The number of nitrogens with one attached hydrogen (secondary N) is 1. The molecule has 7 heteroatoms. The fraction of sp³-hybridized carbons (Fsp3) is 0.429. The van der Waals surface area contributed by atoms with Gasteiger partial charge in [-0.25, -0.2) is 4.68 Å². The van der Waals surface area contributed by atoms with Crippen molar-refractivity contribution in [2.75, 3.05) is 20.1 Å². The van der Waals surface area contributed by atoms with Crippen LogP contribution in [0.15, 0.2) is 30.6 Å². The Morgan fingerprint density at radius 1 is 1.43 bits per heavy atom. The second-order valence-corrected chi connectivity index (χ2v) is 5.38. The monoisotopic (exact) mass is 286 g/mol. The van der Waals surface area contributed by atoms with E-state index < -0.39 is 0 Å². The summed E-state index contributed by atoms with van der Waals surface area (Å²) in [4.78, 5) is 14.6. The highest BCUT2D eigenvalue weighted by Crippen LogP contribution is 2.11. The van der Waals surface area contributed by atoms with Crippen LogP contribution in [0.1, 0.15) is 23.2 Å². The van der Waals surface area contributed by atoms with E-state index in [-0.39, 0.29) is 11.9 Å². The van der Waals surface area contributed by atoms with Gasteiger partial charge in [0.05, 0.1) is 5.69 Å². The molecule has 2 heterocycles. The topological polar surface area (TPSA) is 75.9 Å². The molecule has 1 aliphatic heterocycles. The van der Waals surface area contributed by atoms with E-state index in [0.717, 1.165) is 31.6 Å². The maximum absolute atomic E-state index is 12.4. The first-order chi connectivity index (χ1) is 10.2. The Kier molecular flexibility index (Phi) is 3.92. The molecule has 1 saturated heterocycles. The number of amides is 1. The second kappa shape index (κ2) is 6.01. The molecule has 3 rings (SSSR count). The van der Waals surface area contributed by atoms with E-state index in [1.54, 1.807) is 12.1 Å². The van der Waals surface area contributed by atoms with Gasteiger partial charge in [0.2, 0.25) is 0 Å². The zero-order valence-electron chi connectivity index (χ0n) is 11.9. The van der Waals surface area contributed by atoms with Gasteiger partial charge in [0.15, 0.2) is 0 Å². The van der Waals surface area contributed by atoms with Gasteiger partial charge in [0, 0.05) is 18.2 Å². The third kappa shape index (κ3) is 3.25. The molecular weight excluding hydrogens is 268 g/mol. The van der Waals surface area contributed by atoms with Gasteiger partial charge in [-0.3, -0.25) is 4.79 Å². The Morgan fingerprint density at radius 2 is 2.33 bits per heavy atom. The lowest BCUT2D eigenvalue weighted by Crippen LogP contribution is -2.46. The van der Waals surface area contributed by atoms with E-state index in [1.165, 1.54) is 11.0 Å². The van der Waals surface area contributed by atoms with Gasteiger partial charge in [0.25, 0.3) is 5.91 Å². The molecule has 1 unspecified atom stereocenters. The minimum absolute atomic E-state index is 0.0507. The van der Waals surface area contributed by atoms with E-state index in [9.17, 15) is 4.79 Å². The third-order valence-corrected chi connectivity index (χ3v) is 3.68. The Labute approximate surface area is 122 Å². The van der Waals surface area contributed by atoms with Crippen molar-refractivity contribution in [3.05, 3.63) is 36.2 Å². The van der Waals surface area contributed by atoms with Gasteiger partial charge in [0.1, 0.15) is 6.33 Å². The summed E-state index contributed by atoms with van der Waals surface area (Å²) in [5.41, 5.74) is 1.39. The molecule has 0 saturated carbocycles. The quantitative estimate of drug-likeness (QED) is 0.888. The van der Waals surface area contributed by atoms with Crippen molar-refractivity contribution < 1.29 is 4.79 Å². The molecule has 7 nitrogen and oxygen atoms in total. The summed E-state index contributed by atoms with van der Waals surface area (Å²) in [7, 11) is 2.08. The third-order valence-electron chi connectivity index (χ3n) is 3.68. The molecule has 1 fully saturated rings. The minimum atomic E-state index is -0.0507. The number of nitrogens with zero attached hydrogens (tertiary/aromatic N) is 5. The first-order valence-corrected chi connectivity index (χ1v) is 7.05. The van der Waals surface area contributed by atoms with E-state index in [0.29, 0.717) is 5.56 Å². The number of hydrogen-bond donors (Lipinski definition) is 1. The lowest BCUT2D eigenvalue weighted by molar-refractivity contribution is 0.0912. The number of tetrazole rings is 1. The summed E-state index contributed by atoms with van der Waals surface area (Å²) in [6.07, 6.45) is 3.65. The zero-order valence-corrected chi connectivity index (χ0v) is 11.9. The maximum atomic E-state index is 12.4. The molecular formula is C14H18N6O. The zero-order chi connectivity index (χ0) is 14.7. The number of aromatic nitrogens is 4. The number of piperidine rings is 1. The summed E-state index contributed by atoms with van der Waals surface area (Å²) in [6.45, 7) is 2.00. The molecule has 1 atom stereocenters. The Hall–Kier alpha value is -2.28. The van der Waals surface area contributed by atoms with Crippen molar-refractivity contribution in [1.82, 2.24) is 30.4 Å². The molecule has 0 radical (unpaired) electrons. The Morgan fingerprint density at radius 3 is 3.10 bits per heavy atom. The number of likely N-dealkylation sites (N-methyl/N-ethyl adjacent to an activating group) is 1. The van der Waals surface area contributed by atoms with Gasteiger partial charge in [-0.1, -0.05) is 6.07 Å². The number of carbonyl (C=O) groups excluding carboxylic acids is 1. The highest BCUT2D eigenvalue weighted by molar-refractivity contribution is 5.94. The van der Waals surface area contributed by atoms with Gasteiger partial charge in [-0.05, 0) is 55.1 Å². The summed E-state index contributed by atoms with van der Waals surface area (Å²) >= 11 is 0. The first kappa shape index (κ1) is 13.7. The van der Waals surface area contributed by atoms with Crippen LogP contribution < -0.4 is 5.32 Å². The lowest BCUT2D eigenvalue weighted by Gasteiger charge is -2.30. The van der Waals surface area contributed by atoms with Crippen LogP contribution in [0.4, 0.5) is 0 Å². The maximum Gasteiger partial charge on any atom is 0.251 e. The number of benzene rings is 1. The van der Waals surface area contributed by atoms with E-state index >= 15 is 0 Å². The lowest BCUT2D eigenvalue weighted by atomic mass is 10.1. The van der Waals surface area contributed by atoms with Crippen LogP contribution >= 0.6 is 0 Å². The van der Waals surface area contributed by atoms with Gasteiger partial charge >= 0.3 is 0 Å². The predicted octanol–water partition coefficient (Wildman–Crippen LogP) is 0.486. The first-order valence-electron chi connectivity index (χ1n) is 7.05. The van der Waals surface area contributed by atoms with Crippen LogP contribution in [-0.2, 0) is 0 Å². The molecule has 1 aromatic carbocycles. The van der Waals surface area contributed by atoms with Crippen molar-refractivity contribution >= 4 is 5.91 Å². The minimum Gasteiger partial charge on any atom is -0.348 e. The summed E-state index contributed by atoms with van der Waals surface area (Å²) in [6, 6.07) is 7.50. The summed E-state index contributed by atoms with van der Waals surface area (Å²) in [5.74, 6) is -0.0507. The molecule has 0 bridgehead atoms. The average molecular weight is 286 g/mol. The van der Waals surface area contributed by atoms with Crippen molar-refractivity contribution in [1.29, 1.82) is 0 Å². The van der Waals surface area contributed by atoms with Crippen LogP contribution in [0.5, 0.6) is 0 Å². The molecule has 0 aliphatic carbocycles. The van der Waals surface area contributed by atoms with Crippen LogP contribution in [0.25, 0.3) is 5.69 Å². The number of hydrogen-bond acceptors (Lipinski definition) is 5.